The predicted octanol–water partition coefficient (Wildman–Crippen LogP) is 10.9. The summed E-state index contributed by atoms with van der Waals surface area (Å²) in [5.74, 6) is 2.15. The molecular weight excluding hydrogens is 488 g/mol. The number of hydrogen-bond donors (Lipinski definition) is 1. The number of hydrogen-bond acceptors (Lipinski definition) is 1. The molecule has 5 aromatic carbocycles. The molecule has 2 atom stereocenters. The first kappa shape index (κ1) is 25.0. The molecule has 7 rings (SSSR count). The molecule has 0 spiro atoms. The minimum Gasteiger partial charge on any atom is -0.179 e. The maximum absolute atomic E-state index is 4.47. The lowest BCUT2D eigenvalue weighted by Gasteiger charge is -2.38. The van der Waals surface area contributed by atoms with E-state index in [4.69, 9.17) is 0 Å². The lowest BCUT2D eigenvalue weighted by molar-refractivity contribution is 0.404. The molecule has 0 aromatic heterocycles. The summed E-state index contributed by atoms with van der Waals surface area (Å²) >= 11 is 4.47. The first-order valence-corrected chi connectivity index (χ1v) is 15.5. The number of unbranched alkanes of at least 4 members (excludes halogenated alkanes) is 1. The molecule has 0 radical (unpaired) electrons. The zero-order valence-corrected chi connectivity index (χ0v) is 24.3. The Balaban J connectivity index is 1.57. The summed E-state index contributed by atoms with van der Waals surface area (Å²) in [5, 5.41) is 5.78. The molecule has 1 heteroatoms. The standard InChI is InChI=1S/C38H38S/c1-4-24(13-9-10-22-39)23-31-25-14-5-6-15-26(25)34-30-19-12-21-33-37(30)36(29-18-11-17-27(31)35(29)34)28-16-7-8-20-32(28)38(33,2)3/h5-8,11-12,14-21,24,31,39H,4,9-10,13,22-23H2,1-3H3. The Kier molecular flexibility index (Phi) is 6.12. The average molecular weight is 527 g/mol. The van der Waals surface area contributed by atoms with E-state index in [9.17, 15) is 0 Å². The Labute approximate surface area is 238 Å². The van der Waals surface area contributed by atoms with Crippen LogP contribution in [0, 0.1) is 5.92 Å². The third kappa shape index (κ3) is 3.66. The van der Waals surface area contributed by atoms with Crippen LogP contribution in [0.15, 0.2) is 84.9 Å². The van der Waals surface area contributed by atoms with E-state index in [2.05, 4.69) is 118 Å². The van der Waals surface area contributed by atoms with Gasteiger partial charge in [0.2, 0.25) is 0 Å². The van der Waals surface area contributed by atoms with Gasteiger partial charge in [-0.2, -0.15) is 12.6 Å². The highest BCUT2D eigenvalue weighted by molar-refractivity contribution is 7.80. The normalized spacial score (nSPS) is 17.2. The van der Waals surface area contributed by atoms with Crippen LogP contribution in [0.5, 0.6) is 0 Å². The molecule has 2 unspecified atom stereocenters. The predicted molar refractivity (Wildman–Crippen MR) is 172 cm³/mol. The van der Waals surface area contributed by atoms with Crippen molar-refractivity contribution >= 4 is 34.2 Å². The molecule has 0 saturated heterocycles. The molecule has 2 aliphatic rings. The van der Waals surface area contributed by atoms with E-state index in [0.717, 1.165) is 11.7 Å². The molecule has 0 saturated carbocycles. The second-order valence-electron chi connectivity index (χ2n) is 12.3. The van der Waals surface area contributed by atoms with Gasteiger partial charge in [0.1, 0.15) is 0 Å². The van der Waals surface area contributed by atoms with Crippen LogP contribution < -0.4 is 0 Å². The average Bonchev–Trinajstić information content (AvgIpc) is 2.97. The summed E-state index contributed by atoms with van der Waals surface area (Å²) in [6.45, 7) is 7.18. The Morgan fingerprint density at radius 3 is 2.13 bits per heavy atom. The number of fused-ring (bicyclic) bond motifs is 6. The van der Waals surface area contributed by atoms with E-state index in [1.807, 2.05) is 0 Å². The van der Waals surface area contributed by atoms with Crippen LogP contribution in [0.4, 0.5) is 0 Å². The molecule has 0 fully saturated rings. The zero-order chi connectivity index (χ0) is 26.7. The maximum atomic E-state index is 4.47. The first-order chi connectivity index (χ1) is 19.1. The van der Waals surface area contributed by atoms with Crippen molar-refractivity contribution in [3.63, 3.8) is 0 Å². The van der Waals surface area contributed by atoms with Crippen LogP contribution in [-0.4, -0.2) is 5.75 Å². The van der Waals surface area contributed by atoms with Crippen molar-refractivity contribution < 1.29 is 0 Å². The Morgan fingerprint density at radius 1 is 0.692 bits per heavy atom. The molecule has 0 aliphatic heterocycles. The number of rotatable bonds is 7. The molecule has 196 valence electrons. The van der Waals surface area contributed by atoms with Crippen molar-refractivity contribution in [1.29, 1.82) is 0 Å². The summed E-state index contributed by atoms with van der Waals surface area (Å²) in [7, 11) is 0. The summed E-state index contributed by atoms with van der Waals surface area (Å²) in [6.07, 6.45) is 6.25. The van der Waals surface area contributed by atoms with Crippen LogP contribution in [0.1, 0.15) is 81.0 Å². The SMILES string of the molecule is CCC(CCCCS)CC1c2ccccc2-c2c3cccc4c3c(c3cccc1c23)-c1ccccc1C4(C)C. The van der Waals surface area contributed by atoms with Crippen molar-refractivity contribution in [2.75, 3.05) is 5.75 Å². The molecule has 0 bridgehead atoms. The van der Waals surface area contributed by atoms with Crippen molar-refractivity contribution in [2.24, 2.45) is 5.92 Å². The van der Waals surface area contributed by atoms with Crippen molar-refractivity contribution in [2.45, 2.75) is 64.2 Å². The molecule has 0 amide bonds. The summed E-state index contributed by atoms with van der Waals surface area (Å²) < 4.78 is 0. The van der Waals surface area contributed by atoms with Gasteiger partial charge >= 0.3 is 0 Å². The highest BCUT2D eigenvalue weighted by Crippen LogP contribution is 2.57. The number of thiol groups is 1. The minimum absolute atomic E-state index is 0.0425. The van der Waals surface area contributed by atoms with Gasteiger partial charge in [0.05, 0.1) is 0 Å². The van der Waals surface area contributed by atoms with Gasteiger partial charge in [0.15, 0.2) is 0 Å². The zero-order valence-electron chi connectivity index (χ0n) is 23.4. The van der Waals surface area contributed by atoms with Crippen LogP contribution >= 0.6 is 12.6 Å². The van der Waals surface area contributed by atoms with Crippen molar-refractivity contribution in [3.8, 4) is 22.3 Å². The maximum Gasteiger partial charge on any atom is 0.0159 e. The second-order valence-corrected chi connectivity index (χ2v) is 12.7. The molecule has 5 aromatic rings. The van der Waals surface area contributed by atoms with E-state index in [1.165, 1.54) is 98.2 Å². The Bertz CT molecular complexity index is 1720. The Hall–Kier alpha value is -3.03. The Morgan fingerprint density at radius 2 is 1.33 bits per heavy atom. The fraction of sp³-hybridized carbons (Fsp3) is 0.316. The summed E-state index contributed by atoms with van der Waals surface area (Å²) in [5.41, 5.74) is 11.6. The van der Waals surface area contributed by atoms with Gasteiger partial charge in [-0.1, -0.05) is 125 Å². The van der Waals surface area contributed by atoms with Crippen LogP contribution in [0.2, 0.25) is 0 Å². The van der Waals surface area contributed by atoms with Crippen molar-refractivity contribution in [3.05, 3.63) is 107 Å². The van der Waals surface area contributed by atoms with Gasteiger partial charge in [-0.15, -0.1) is 0 Å². The molecule has 0 heterocycles. The quantitative estimate of drug-likeness (QED) is 0.122. The van der Waals surface area contributed by atoms with Gasteiger partial charge < -0.3 is 0 Å². The van der Waals surface area contributed by atoms with Gasteiger partial charge in [0, 0.05) is 11.3 Å². The molecule has 2 aliphatic carbocycles. The summed E-state index contributed by atoms with van der Waals surface area (Å²) in [6, 6.07) is 32.7. The lowest BCUT2D eigenvalue weighted by Crippen LogP contribution is -2.24. The third-order valence-corrected chi connectivity index (χ3v) is 10.2. The highest BCUT2D eigenvalue weighted by Gasteiger charge is 2.37. The van der Waals surface area contributed by atoms with Gasteiger partial charge in [-0.3, -0.25) is 0 Å². The van der Waals surface area contributed by atoms with Crippen molar-refractivity contribution in [1.82, 2.24) is 0 Å². The molecule has 0 N–H and O–H groups in total. The molecule has 39 heavy (non-hydrogen) atoms. The number of benzene rings is 5. The molecular formula is C38H38S. The summed E-state index contributed by atoms with van der Waals surface area (Å²) in [4.78, 5) is 0. The fourth-order valence-electron chi connectivity index (χ4n) is 7.94. The lowest BCUT2D eigenvalue weighted by atomic mass is 9.65. The van der Waals surface area contributed by atoms with Crippen LogP contribution in [-0.2, 0) is 5.41 Å². The third-order valence-electron chi connectivity index (χ3n) is 9.89. The van der Waals surface area contributed by atoms with E-state index >= 15 is 0 Å². The van der Waals surface area contributed by atoms with Crippen LogP contribution in [0.25, 0.3) is 43.8 Å². The van der Waals surface area contributed by atoms with Gasteiger partial charge in [-0.25, -0.2) is 0 Å². The van der Waals surface area contributed by atoms with Gasteiger partial charge in [0.25, 0.3) is 0 Å². The van der Waals surface area contributed by atoms with E-state index in [1.54, 1.807) is 0 Å². The van der Waals surface area contributed by atoms with E-state index in [-0.39, 0.29) is 5.41 Å². The van der Waals surface area contributed by atoms with E-state index < -0.39 is 0 Å². The molecule has 0 nitrogen and oxygen atoms in total. The minimum atomic E-state index is -0.0425. The van der Waals surface area contributed by atoms with E-state index in [0.29, 0.717) is 5.92 Å². The van der Waals surface area contributed by atoms with Gasteiger partial charge in [-0.05, 0) is 90.6 Å². The monoisotopic (exact) mass is 526 g/mol. The highest BCUT2D eigenvalue weighted by atomic mass is 32.1. The fourth-order valence-corrected chi connectivity index (χ4v) is 8.16. The van der Waals surface area contributed by atoms with Crippen LogP contribution in [0.3, 0.4) is 0 Å². The second kappa shape index (κ2) is 9.56. The first-order valence-electron chi connectivity index (χ1n) is 14.9. The smallest absolute Gasteiger partial charge is 0.0159 e. The largest absolute Gasteiger partial charge is 0.179 e. The topological polar surface area (TPSA) is 0 Å².